The van der Waals surface area contributed by atoms with Gasteiger partial charge in [0.15, 0.2) is 0 Å². The summed E-state index contributed by atoms with van der Waals surface area (Å²) in [6.45, 7) is 10.2. The molecule has 0 radical (unpaired) electrons. The zero-order valence-electron chi connectivity index (χ0n) is 16.2. The number of esters is 1. The zero-order valence-corrected chi connectivity index (χ0v) is 17.2. The molecular weight excluding hydrogens is 324 g/mol. The molecule has 0 aromatic heterocycles. The Kier molecular flexibility index (Phi) is 15.8. The molecule has 0 unspecified atom stereocenters. The molecule has 0 bridgehead atoms. The van der Waals surface area contributed by atoms with Crippen LogP contribution < -0.4 is 0 Å². The van der Waals surface area contributed by atoms with E-state index in [2.05, 4.69) is 6.92 Å². The van der Waals surface area contributed by atoms with E-state index in [4.69, 9.17) is 18.0 Å². The molecule has 0 aromatic carbocycles. The molecule has 24 heavy (non-hydrogen) atoms. The molecule has 0 amide bonds. The molecule has 0 saturated heterocycles. The van der Waals surface area contributed by atoms with E-state index in [9.17, 15) is 4.79 Å². The summed E-state index contributed by atoms with van der Waals surface area (Å²) in [6, 6.07) is 0.687. The highest BCUT2D eigenvalue weighted by Crippen LogP contribution is 2.18. The number of carbonyl (C=O) groups excluding carboxylic acids is 1. The van der Waals surface area contributed by atoms with Crippen LogP contribution >= 0.6 is 0 Å². The first-order valence-electron chi connectivity index (χ1n) is 9.71. The molecule has 0 N–H and O–H groups in total. The van der Waals surface area contributed by atoms with Crippen molar-refractivity contribution in [2.24, 2.45) is 0 Å². The van der Waals surface area contributed by atoms with Crippen LogP contribution in [-0.4, -0.2) is 41.2 Å². The quantitative estimate of drug-likeness (QED) is 0.213. The van der Waals surface area contributed by atoms with Crippen LogP contribution in [0.3, 0.4) is 0 Å². The van der Waals surface area contributed by atoms with Gasteiger partial charge in [0.1, 0.15) is 0 Å². The fraction of sp³-hybridized carbons (Fsp3) is 0.944. The average molecular weight is 363 g/mol. The van der Waals surface area contributed by atoms with Gasteiger partial charge < -0.3 is 18.0 Å². The van der Waals surface area contributed by atoms with Crippen LogP contribution in [0.25, 0.3) is 0 Å². The maximum atomic E-state index is 11.7. The van der Waals surface area contributed by atoms with Crippen molar-refractivity contribution in [3.8, 4) is 0 Å². The van der Waals surface area contributed by atoms with Crippen molar-refractivity contribution in [3.63, 3.8) is 0 Å². The number of hydrogen-bond acceptors (Lipinski definition) is 5. The van der Waals surface area contributed by atoms with Gasteiger partial charge in [0.25, 0.3) is 0 Å². The van der Waals surface area contributed by atoms with E-state index in [0.29, 0.717) is 45.3 Å². The molecular formula is C18H38O5Si. The van der Waals surface area contributed by atoms with Crippen LogP contribution in [0.1, 0.15) is 79.1 Å². The lowest BCUT2D eigenvalue weighted by Gasteiger charge is -2.28. The standard InChI is InChI=1S/C18H38O5Si/c1-5-9-10-11-12-13-15-18(19)20-16-14-17-24(21-6-2,22-7-3)23-8-4/h5-17H2,1-4H3. The van der Waals surface area contributed by atoms with E-state index < -0.39 is 8.80 Å². The Morgan fingerprint density at radius 3 is 1.83 bits per heavy atom. The van der Waals surface area contributed by atoms with Crippen LogP contribution in [0, 0.1) is 0 Å². The molecule has 6 heteroatoms. The lowest BCUT2D eigenvalue weighted by atomic mass is 10.1. The first-order chi connectivity index (χ1) is 11.6. The van der Waals surface area contributed by atoms with E-state index in [-0.39, 0.29) is 5.97 Å². The number of unbranched alkanes of at least 4 members (excludes halogenated alkanes) is 5. The summed E-state index contributed by atoms with van der Waals surface area (Å²) in [6.07, 6.45) is 8.30. The summed E-state index contributed by atoms with van der Waals surface area (Å²) in [5, 5.41) is 0. The first kappa shape index (κ1) is 23.6. The maximum absolute atomic E-state index is 11.7. The van der Waals surface area contributed by atoms with Crippen LogP contribution in [0.15, 0.2) is 0 Å². The molecule has 0 aliphatic rings. The van der Waals surface area contributed by atoms with Gasteiger partial charge >= 0.3 is 14.8 Å². The van der Waals surface area contributed by atoms with E-state index in [1.165, 1.54) is 25.7 Å². The second kappa shape index (κ2) is 16.1. The van der Waals surface area contributed by atoms with Crippen LogP contribution in [-0.2, 0) is 22.8 Å². The summed E-state index contributed by atoms with van der Waals surface area (Å²) in [5.41, 5.74) is 0. The Hall–Kier alpha value is -0.433. The Balaban J connectivity index is 3.87. The summed E-state index contributed by atoms with van der Waals surface area (Å²) in [5.74, 6) is -0.0954. The number of ether oxygens (including phenoxy) is 1. The smallest absolute Gasteiger partial charge is 0.466 e. The Morgan fingerprint density at radius 1 is 0.750 bits per heavy atom. The average Bonchev–Trinajstić information content (AvgIpc) is 2.56. The minimum atomic E-state index is -2.60. The molecule has 0 atom stereocenters. The number of rotatable bonds is 17. The van der Waals surface area contributed by atoms with E-state index in [0.717, 1.165) is 12.8 Å². The predicted octanol–water partition coefficient (Wildman–Crippen LogP) is 4.72. The van der Waals surface area contributed by atoms with E-state index in [1.54, 1.807) is 0 Å². The van der Waals surface area contributed by atoms with Crippen molar-refractivity contribution >= 4 is 14.8 Å². The minimum Gasteiger partial charge on any atom is -0.466 e. The zero-order chi connectivity index (χ0) is 18.1. The fourth-order valence-electron chi connectivity index (χ4n) is 2.60. The van der Waals surface area contributed by atoms with Gasteiger partial charge in [0.2, 0.25) is 0 Å². The highest BCUT2D eigenvalue weighted by atomic mass is 28.4. The first-order valence-corrected chi connectivity index (χ1v) is 11.6. The van der Waals surface area contributed by atoms with Crippen LogP contribution in [0.5, 0.6) is 0 Å². The Bertz CT molecular complexity index is 282. The highest BCUT2D eigenvalue weighted by molar-refractivity contribution is 6.60. The third kappa shape index (κ3) is 12.0. The van der Waals surface area contributed by atoms with Crippen molar-refractivity contribution in [1.29, 1.82) is 0 Å². The fourth-order valence-corrected chi connectivity index (χ4v) is 5.18. The molecule has 0 aliphatic carbocycles. The SMILES string of the molecule is CCCCCCCCC(=O)OCCC[Si](OCC)(OCC)OCC. The highest BCUT2D eigenvalue weighted by Gasteiger charge is 2.39. The molecule has 0 spiro atoms. The molecule has 0 fully saturated rings. The van der Waals surface area contributed by atoms with Gasteiger partial charge in [-0.15, -0.1) is 0 Å². The predicted molar refractivity (Wildman–Crippen MR) is 99.0 cm³/mol. The second-order valence-corrected chi connectivity index (χ2v) is 8.56. The topological polar surface area (TPSA) is 54.0 Å². The van der Waals surface area contributed by atoms with Gasteiger partial charge in [0, 0.05) is 32.3 Å². The van der Waals surface area contributed by atoms with Gasteiger partial charge in [0.05, 0.1) is 6.61 Å². The largest absolute Gasteiger partial charge is 0.501 e. The summed E-state index contributed by atoms with van der Waals surface area (Å²) in [7, 11) is -2.60. The molecule has 0 heterocycles. The number of hydrogen-bond donors (Lipinski definition) is 0. The van der Waals surface area contributed by atoms with Crippen LogP contribution in [0.4, 0.5) is 0 Å². The van der Waals surface area contributed by atoms with E-state index >= 15 is 0 Å². The van der Waals surface area contributed by atoms with Crippen molar-refractivity contribution in [2.75, 3.05) is 26.4 Å². The lowest BCUT2D eigenvalue weighted by molar-refractivity contribution is -0.143. The summed E-state index contributed by atoms with van der Waals surface area (Å²) >= 11 is 0. The minimum absolute atomic E-state index is 0.0954. The van der Waals surface area contributed by atoms with Crippen molar-refractivity contribution in [1.82, 2.24) is 0 Å². The second-order valence-electron chi connectivity index (χ2n) is 5.82. The Morgan fingerprint density at radius 2 is 1.29 bits per heavy atom. The van der Waals surface area contributed by atoms with Gasteiger partial charge in [-0.2, -0.15) is 0 Å². The Labute approximate surface area is 149 Å². The van der Waals surface area contributed by atoms with Crippen molar-refractivity contribution in [3.05, 3.63) is 0 Å². The molecule has 5 nitrogen and oxygen atoms in total. The third-order valence-corrected chi connectivity index (χ3v) is 6.87. The molecule has 144 valence electrons. The van der Waals surface area contributed by atoms with Gasteiger partial charge in [-0.05, 0) is 33.6 Å². The number of carbonyl (C=O) groups is 1. The van der Waals surface area contributed by atoms with E-state index in [1.807, 2.05) is 20.8 Å². The normalized spacial score (nSPS) is 11.7. The molecule has 0 saturated carbocycles. The molecule has 0 rings (SSSR count). The third-order valence-electron chi connectivity index (χ3n) is 3.72. The van der Waals surface area contributed by atoms with Gasteiger partial charge in [-0.25, -0.2) is 0 Å². The lowest BCUT2D eigenvalue weighted by Crippen LogP contribution is -2.46. The van der Waals surface area contributed by atoms with Crippen molar-refractivity contribution < 1.29 is 22.8 Å². The summed E-state index contributed by atoms with van der Waals surface area (Å²) < 4.78 is 22.7. The molecule has 0 aliphatic heterocycles. The maximum Gasteiger partial charge on any atom is 0.501 e. The van der Waals surface area contributed by atoms with Crippen molar-refractivity contribution in [2.45, 2.75) is 85.1 Å². The van der Waals surface area contributed by atoms with Gasteiger partial charge in [-0.1, -0.05) is 39.0 Å². The van der Waals surface area contributed by atoms with Gasteiger partial charge in [-0.3, -0.25) is 4.79 Å². The van der Waals surface area contributed by atoms with Crippen LogP contribution in [0.2, 0.25) is 6.04 Å². The molecule has 0 aromatic rings. The summed E-state index contributed by atoms with van der Waals surface area (Å²) in [4.78, 5) is 11.7. The monoisotopic (exact) mass is 362 g/mol.